The monoisotopic (exact) mass is 342 g/mol. The van der Waals surface area contributed by atoms with Gasteiger partial charge in [0.15, 0.2) is 6.61 Å². The molecule has 2 aromatic rings. The van der Waals surface area contributed by atoms with Gasteiger partial charge in [-0.2, -0.15) is 13.2 Å². The summed E-state index contributed by atoms with van der Waals surface area (Å²) in [7, 11) is 1.58. The summed E-state index contributed by atoms with van der Waals surface area (Å²) in [4.78, 5) is 13.6. The molecule has 0 aliphatic rings. The van der Waals surface area contributed by atoms with Gasteiger partial charge in [-0.25, -0.2) is 4.79 Å². The van der Waals surface area contributed by atoms with Crippen LogP contribution in [0.4, 0.5) is 23.7 Å². The van der Waals surface area contributed by atoms with Crippen molar-refractivity contribution in [3.63, 3.8) is 0 Å². The number of amides is 2. The van der Waals surface area contributed by atoms with Gasteiger partial charge in [0.25, 0.3) is 0 Å². The molecule has 0 saturated carbocycles. The molecule has 0 unspecified atom stereocenters. The summed E-state index contributed by atoms with van der Waals surface area (Å²) in [6, 6.07) is 7.56. The standard InChI is InChI=1S/C16H17F3N2O3/c1-11-13(6-3-7-14(11)24-10-16(17,18)19)20-15(22)21(2)9-12-5-4-8-23-12/h3-8H,9-10H2,1-2H3,(H,20,22). The van der Waals surface area contributed by atoms with Crippen molar-refractivity contribution in [3.8, 4) is 5.75 Å². The van der Waals surface area contributed by atoms with Crippen LogP contribution in [0.2, 0.25) is 0 Å². The van der Waals surface area contributed by atoms with E-state index < -0.39 is 18.8 Å². The summed E-state index contributed by atoms with van der Waals surface area (Å²) in [6.45, 7) is 0.458. The number of ether oxygens (including phenoxy) is 1. The van der Waals surface area contributed by atoms with Gasteiger partial charge in [0.2, 0.25) is 0 Å². The minimum atomic E-state index is -4.42. The fraction of sp³-hybridized carbons (Fsp3) is 0.312. The maximum Gasteiger partial charge on any atom is 0.422 e. The summed E-state index contributed by atoms with van der Waals surface area (Å²) in [6.07, 6.45) is -2.92. The number of anilines is 1. The van der Waals surface area contributed by atoms with Gasteiger partial charge in [-0.15, -0.1) is 0 Å². The first kappa shape index (κ1) is 17.7. The summed E-state index contributed by atoms with van der Waals surface area (Å²) in [5, 5.41) is 2.64. The Hall–Kier alpha value is -2.64. The second-order valence-electron chi connectivity index (χ2n) is 5.20. The molecule has 0 aliphatic heterocycles. The number of hydrogen-bond donors (Lipinski definition) is 1. The zero-order valence-corrected chi connectivity index (χ0v) is 13.2. The third-order valence-electron chi connectivity index (χ3n) is 3.24. The first-order valence-corrected chi connectivity index (χ1v) is 7.10. The van der Waals surface area contributed by atoms with E-state index >= 15 is 0 Å². The van der Waals surface area contributed by atoms with E-state index in [1.165, 1.54) is 23.3 Å². The van der Waals surface area contributed by atoms with Crippen LogP contribution in [0.1, 0.15) is 11.3 Å². The Morgan fingerprint density at radius 1 is 1.29 bits per heavy atom. The molecule has 2 rings (SSSR count). The molecular formula is C16H17F3N2O3. The highest BCUT2D eigenvalue weighted by Gasteiger charge is 2.28. The molecule has 1 heterocycles. The maximum atomic E-state index is 12.3. The number of nitrogens with one attached hydrogen (secondary N) is 1. The molecule has 130 valence electrons. The predicted molar refractivity (Wildman–Crippen MR) is 81.9 cm³/mol. The lowest BCUT2D eigenvalue weighted by molar-refractivity contribution is -0.153. The van der Waals surface area contributed by atoms with Gasteiger partial charge in [0, 0.05) is 18.3 Å². The Morgan fingerprint density at radius 2 is 2.04 bits per heavy atom. The average molecular weight is 342 g/mol. The topological polar surface area (TPSA) is 54.7 Å². The van der Waals surface area contributed by atoms with Crippen LogP contribution in [0, 0.1) is 6.92 Å². The molecule has 0 radical (unpaired) electrons. The first-order valence-electron chi connectivity index (χ1n) is 7.10. The van der Waals surface area contributed by atoms with Crippen molar-refractivity contribution in [2.75, 3.05) is 19.0 Å². The molecular weight excluding hydrogens is 325 g/mol. The van der Waals surface area contributed by atoms with E-state index in [2.05, 4.69) is 5.32 Å². The van der Waals surface area contributed by atoms with E-state index in [9.17, 15) is 18.0 Å². The van der Waals surface area contributed by atoms with Gasteiger partial charge >= 0.3 is 12.2 Å². The van der Waals surface area contributed by atoms with Crippen molar-refractivity contribution in [3.05, 3.63) is 47.9 Å². The van der Waals surface area contributed by atoms with Crippen LogP contribution in [0.15, 0.2) is 41.0 Å². The number of urea groups is 1. The van der Waals surface area contributed by atoms with E-state index in [1.807, 2.05) is 0 Å². The fourth-order valence-corrected chi connectivity index (χ4v) is 1.98. The van der Waals surface area contributed by atoms with Gasteiger partial charge < -0.3 is 19.4 Å². The zero-order valence-electron chi connectivity index (χ0n) is 13.2. The maximum absolute atomic E-state index is 12.3. The van der Waals surface area contributed by atoms with Gasteiger partial charge in [-0.05, 0) is 31.2 Å². The number of furan rings is 1. The van der Waals surface area contributed by atoms with Crippen LogP contribution in [-0.4, -0.2) is 30.8 Å². The molecule has 0 spiro atoms. The minimum Gasteiger partial charge on any atom is -0.484 e. The number of carbonyl (C=O) groups is 1. The molecule has 8 heteroatoms. The zero-order chi connectivity index (χ0) is 17.7. The average Bonchev–Trinajstić information content (AvgIpc) is 3.00. The number of hydrogen-bond acceptors (Lipinski definition) is 3. The Kier molecular flexibility index (Phi) is 5.38. The Balaban J connectivity index is 2.02. The molecule has 2 amide bonds. The highest BCUT2D eigenvalue weighted by Crippen LogP contribution is 2.27. The number of benzene rings is 1. The van der Waals surface area contributed by atoms with Gasteiger partial charge in [0.05, 0.1) is 12.8 Å². The largest absolute Gasteiger partial charge is 0.484 e. The molecule has 0 atom stereocenters. The first-order chi connectivity index (χ1) is 11.3. The highest BCUT2D eigenvalue weighted by atomic mass is 19.4. The van der Waals surface area contributed by atoms with Crippen molar-refractivity contribution >= 4 is 11.7 Å². The molecule has 0 bridgehead atoms. The molecule has 1 N–H and O–H groups in total. The third-order valence-corrected chi connectivity index (χ3v) is 3.24. The summed E-state index contributed by atoms with van der Waals surface area (Å²) < 4.78 is 46.7. The van der Waals surface area contributed by atoms with Crippen molar-refractivity contribution < 1.29 is 27.1 Å². The van der Waals surface area contributed by atoms with Crippen LogP contribution in [0.5, 0.6) is 5.75 Å². The lowest BCUT2D eigenvalue weighted by Crippen LogP contribution is -2.31. The Bertz CT molecular complexity index is 684. The van der Waals surface area contributed by atoms with Gasteiger partial charge in [-0.3, -0.25) is 0 Å². The number of alkyl halides is 3. The molecule has 0 fully saturated rings. The number of halogens is 3. The van der Waals surface area contributed by atoms with Gasteiger partial charge in [-0.1, -0.05) is 6.07 Å². The summed E-state index contributed by atoms with van der Waals surface area (Å²) in [5.74, 6) is 0.686. The smallest absolute Gasteiger partial charge is 0.422 e. The normalized spacial score (nSPS) is 11.2. The lowest BCUT2D eigenvalue weighted by Gasteiger charge is -2.19. The van der Waals surface area contributed by atoms with Crippen LogP contribution >= 0.6 is 0 Å². The Morgan fingerprint density at radius 3 is 2.67 bits per heavy atom. The van der Waals surface area contributed by atoms with Crippen LogP contribution in [0.3, 0.4) is 0 Å². The third kappa shape index (κ3) is 4.94. The van der Waals surface area contributed by atoms with Crippen molar-refractivity contribution in [1.29, 1.82) is 0 Å². The summed E-state index contributed by atoms with van der Waals surface area (Å²) >= 11 is 0. The number of rotatable bonds is 5. The quantitative estimate of drug-likeness (QED) is 0.886. The second kappa shape index (κ2) is 7.29. The van der Waals surface area contributed by atoms with Crippen LogP contribution in [-0.2, 0) is 6.54 Å². The molecule has 0 saturated heterocycles. The second-order valence-corrected chi connectivity index (χ2v) is 5.20. The SMILES string of the molecule is Cc1c(NC(=O)N(C)Cc2ccco2)cccc1OCC(F)(F)F. The summed E-state index contributed by atoms with van der Waals surface area (Å²) in [5.41, 5.74) is 0.799. The predicted octanol–water partition coefficient (Wildman–Crippen LogP) is 4.19. The molecule has 0 aliphatic carbocycles. The molecule has 1 aromatic carbocycles. The number of nitrogens with zero attached hydrogens (tertiary/aromatic N) is 1. The van der Waals surface area contributed by atoms with Crippen molar-refractivity contribution in [2.24, 2.45) is 0 Å². The molecule has 5 nitrogen and oxygen atoms in total. The van der Waals surface area contributed by atoms with Crippen molar-refractivity contribution in [1.82, 2.24) is 4.90 Å². The van der Waals surface area contributed by atoms with Crippen LogP contribution < -0.4 is 10.1 Å². The minimum absolute atomic E-state index is 0.0683. The van der Waals surface area contributed by atoms with E-state index in [1.54, 1.807) is 32.2 Å². The highest BCUT2D eigenvalue weighted by molar-refractivity contribution is 5.90. The lowest BCUT2D eigenvalue weighted by atomic mass is 10.2. The van der Waals surface area contributed by atoms with Crippen molar-refractivity contribution in [2.45, 2.75) is 19.6 Å². The molecule has 24 heavy (non-hydrogen) atoms. The van der Waals surface area contributed by atoms with E-state index in [0.29, 0.717) is 17.0 Å². The number of carbonyl (C=O) groups excluding carboxylic acids is 1. The Labute approximate surface area is 137 Å². The van der Waals surface area contributed by atoms with Crippen LogP contribution in [0.25, 0.3) is 0 Å². The van der Waals surface area contributed by atoms with Gasteiger partial charge in [0.1, 0.15) is 11.5 Å². The van der Waals surface area contributed by atoms with E-state index in [-0.39, 0.29) is 12.3 Å². The fourth-order valence-electron chi connectivity index (χ4n) is 1.98. The van der Waals surface area contributed by atoms with E-state index in [4.69, 9.17) is 9.15 Å². The molecule has 1 aromatic heterocycles. The van der Waals surface area contributed by atoms with E-state index in [0.717, 1.165) is 0 Å².